The molecular weight excluding hydrogens is 222 g/mol. The lowest BCUT2D eigenvalue weighted by atomic mass is 10.2. The van der Waals surface area contributed by atoms with Crippen LogP contribution in [0.4, 0.5) is 0 Å². The van der Waals surface area contributed by atoms with Gasteiger partial charge in [0, 0.05) is 29.4 Å². The van der Waals surface area contributed by atoms with Crippen molar-refractivity contribution in [1.82, 2.24) is 4.57 Å². The molecule has 1 N–H and O–H groups in total. The number of nitrogens with zero attached hydrogens (tertiary/aromatic N) is 1. The fraction of sp³-hybridized carbons (Fsp3) is 0.417. The topological polar surface area (TPSA) is 42.2 Å². The number of carboxylic acids is 1. The van der Waals surface area contributed by atoms with Crippen LogP contribution in [0.15, 0.2) is 18.7 Å². The van der Waals surface area contributed by atoms with Gasteiger partial charge in [-0.3, -0.25) is 0 Å². The number of carbonyl (C=O) groups is 1. The van der Waals surface area contributed by atoms with Crippen molar-refractivity contribution in [1.29, 1.82) is 0 Å². The summed E-state index contributed by atoms with van der Waals surface area (Å²) in [5, 5.41) is 8.98. The maximum absolute atomic E-state index is 10.9. The van der Waals surface area contributed by atoms with Gasteiger partial charge in [0.15, 0.2) is 0 Å². The summed E-state index contributed by atoms with van der Waals surface area (Å²) in [6, 6.07) is 1.73. The minimum Gasteiger partial charge on any atom is -0.478 e. The molecule has 3 nitrogen and oxygen atoms in total. The molecule has 0 saturated heterocycles. The Hall–Kier alpha value is -1.16. The third-order valence-corrected chi connectivity index (χ3v) is 3.44. The summed E-state index contributed by atoms with van der Waals surface area (Å²) < 4.78 is 2.06. The molecule has 88 valence electrons. The molecular formula is C12H17NO2S. The Morgan fingerprint density at radius 1 is 1.62 bits per heavy atom. The zero-order chi connectivity index (χ0) is 12.1. The monoisotopic (exact) mass is 239 g/mol. The molecule has 0 saturated carbocycles. The molecule has 0 atom stereocenters. The number of hydrogen-bond acceptors (Lipinski definition) is 2. The number of aromatic carboxylic acids is 1. The van der Waals surface area contributed by atoms with Crippen LogP contribution < -0.4 is 0 Å². The van der Waals surface area contributed by atoms with Crippen LogP contribution in [-0.2, 0) is 6.54 Å². The van der Waals surface area contributed by atoms with Gasteiger partial charge in [0.1, 0.15) is 0 Å². The summed E-state index contributed by atoms with van der Waals surface area (Å²) in [7, 11) is 0. The molecule has 1 rings (SSSR count). The van der Waals surface area contributed by atoms with E-state index < -0.39 is 5.97 Å². The highest BCUT2D eigenvalue weighted by molar-refractivity contribution is 7.99. The average molecular weight is 239 g/mol. The van der Waals surface area contributed by atoms with Gasteiger partial charge in [-0.25, -0.2) is 4.79 Å². The van der Waals surface area contributed by atoms with E-state index in [9.17, 15) is 4.79 Å². The van der Waals surface area contributed by atoms with Crippen LogP contribution in [-0.4, -0.2) is 27.1 Å². The Morgan fingerprint density at radius 3 is 2.81 bits per heavy atom. The van der Waals surface area contributed by atoms with Crippen LogP contribution in [0.1, 0.15) is 21.7 Å². The molecule has 0 aliphatic heterocycles. The van der Waals surface area contributed by atoms with E-state index in [0.717, 1.165) is 29.4 Å². The van der Waals surface area contributed by atoms with E-state index in [1.807, 2.05) is 19.9 Å². The summed E-state index contributed by atoms with van der Waals surface area (Å²) in [5.74, 6) is 1.06. The molecule has 0 bridgehead atoms. The first-order valence-corrected chi connectivity index (χ1v) is 6.32. The van der Waals surface area contributed by atoms with Crippen LogP contribution in [0.25, 0.3) is 0 Å². The largest absolute Gasteiger partial charge is 0.478 e. The van der Waals surface area contributed by atoms with Crippen LogP contribution in [0, 0.1) is 13.8 Å². The standard InChI is InChI=1S/C12H17NO2S/c1-4-6-16-7-5-13-9(2)8-11(10(13)3)12(14)15/h4,8H,1,5-7H2,2-3H3,(H,14,15). The molecule has 1 aromatic rings. The van der Waals surface area contributed by atoms with Crippen molar-refractivity contribution in [3.63, 3.8) is 0 Å². The lowest BCUT2D eigenvalue weighted by Gasteiger charge is -2.08. The van der Waals surface area contributed by atoms with Crippen LogP contribution in [0.2, 0.25) is 0 Å². The molecule has 0 radical (unpaired) electrons. The van der Waals surface area contributed by atoms with Gasteiger partial charge in [0.05, 0.1) is 5.56 Å². The third kappa shape index (κ3) is 2.92. The van der Waals surface area contributed by atoms with Crippen molar-refractivity contribution in [3.05, 3.63) is 35.7 Å². The predicted octanol–water partition coefficient (Wildman–Crippen LogP) is 2.72. The SMILES string of the molecule is C=CCSCCn1c(C)cc(C(=O)O)c1C. The Balaban J connectivity index is 2.72. The Labute approximate surface area is 100 Å². The maximum Gasteiger partial charge on any atom is 0.337 e. The second kappa shape index (κ2) is 5.80. The van der Waals surface area contributed by atoms with Gasteiger partial charge >= 0.3 is 5.97 Å². The van der Waals surface area contributed by atoms with Gasteiger partial charge in [-0.15, -0.1) is 6.58 Å². The van der Waals surface area contributed by atoms with Crippen molar-refractivity contribution in [2.24, 2.45) is 0 Å². The predicted molar refractivity (Wildman–Crippen MR) is 68.4 cm³/mol. The van der Waals surface area contributed by atoms with Crippen molar-refractivity contribution in [2.75, 3.05) is 11.5 Å². The van der Waals surface area contributed by atoms with E-state index in [1.165, 1.54) is 0 Å². The van der Waals surface area contributed by atoms with E-state index in [1.54, 1.807) is 17.8 Å². The highest BCUT2D eigenvalue weighted by Gasteiger charge is 2.13. The first-order chi connectivity index (χ1) is 7.57. The molecule has 0 aliphatic rings. The van der Waals surface area contributed by atoms with Crippen LogP contribution in [0.5, 0.6) is 0 Å². The summed E-state index contributed by atoms with van der Waals surface area (Å²) in [6.07, 6.45) is 1.88. The lowest BCUT2D eigenvalue weighted by Crippen LogP contribution is -2.06. The second-order valence-electron chi connectivity index (χ2n) is 3.61. The zero-order valence-electron chi connectivity index (χ0n) is 9.69. The molecule has 0 spiro atoms. The zero-order valence-corrected chi connectivity index (χ0v) is 10.5. The summed E-state index contributed by atoms with van der Waals surface area (Å²) >= 11 is 1.80. The maximum atomic E-state index is 10.9. The number of carboxylic acid groups (broad SMARTS) is 1. The molecule has 0 amide bonds. The van der Waals surface area contributed by atoms with Gasteiger partial charge in [0.2, 0.25) is 0 Å². The fourth-order valence-corrected chi connectivity index (χ4v) is 2.33. The fourth-order valence-electron chi connectivity index (χ4n) is 1.68. The molecule has 1 aromatic heterocycles. The van der Waals surface area contributed by atoms with Crippen LogP contribution >= 0.6 is 11.8 Å². The quantitative estimate of drug-likeness (QED) is 0.613. The number of hydrogen-bond donors (Lipinski definition) is 1. The summed E-state index contributed by atoms with van der Waals surface area (Å²) in [4.78, 5) is 10.9. The Morgan fingerprint density at radius 2 is 2.31 bits per heavy atom. The molecule has 0 fully saturated rings. The van der Waals surface area contributed by atoms with E-state index in [-0.39, 0.29) is 0 Å². The van der Waals surface area contributed by atoms with Crippen molar-refractivity contribution in [3.8, 4) is 0 Å². The van der Waals surface area contributed by atoms with Gasteiger partial charge in [-0.05, 0) is 19.9 Å². The third-order valence-electron chi connectivity index (χ3n) is 2.50. The Kier molecular flexibility index (Phi) is 4.68. The number of thioether (sulfide) groups is 1. The number of rotatable bonds is 6. The molecule has 0 aliphatic carbocycles. The minimum absolute atomic E-state index is 0.409. The van der Waals surface area contributed by atoms with Gasteiger partial charge in [-0.1, -0.05) is 6.08 Å². The van der Waals surface area contributed by atoms with E-state index in [2.05, 4.69) is 11.1 Å². The first kappa shape index (κ1) is 12.9. The normalized spacial score (nSPS) is 10.4. The minimum atomic E-state index is -0.849. The summed E-state index contributed by atoms with van der Waals surface area (Å²) in [5.41, 5.74) is 2.25. The average Bonchev–Trinajstić information content (AvgIpc) is 2.51. The molecule has 16 heavy (non-hydrogen) atoms. The van der Waals surface area contributed by atoms with E-state index in [4.69, 9.17) is 5.11 Å². The first-order valence-electron chi connectivity index (χ1n) is 5.16. The Bertz CT molecular complexity index is 396. The van der Waals surface area contributed by atoms with Gasteiger partial charge < -0.3 is 9.67 Å². The van der Waals surface area contributed by atoms with Crippen molar-refractivity contribution in [2.45, 2.75) is 20.4 Å². The van der Waals surface area contributed by atoms with Crippen LogP contribution in [0.3, 0.4) is 0 Å². The van der Waals surface area contributed by atoms with Gasteiger partial charge in [0.25, 0.3) is 0 Å². The van der Waals surface area contributed by atoms with Crippen molar-refractivity contribution >= 4 is 17.7 Å². The molecule has 4 heteroatoms. The smallest absolute Gasteiger partial charge is 0.337 e. The number of aromatic nitrogens is 1. The molecule has 0 aromatic carbocycles. The molecule has 0 unspecified atom stereocenters. The highest BCUT2D eigenvalue weighted by atomic mass is 32.2. The van der Waals surface area contributed by atoms with Gasteiger partial charge in [-0.2, -0.15) is 11.8 Å². The second-order valence-corrected chi connectivity index (χ2v) is 4.76. The van der Waals surface area contributed by atoms with E-state index in [0.29, 0.717) is 5.56 Å². The highest BCUT2D eigenvalue weighted by Crippen LogP contribution is 2.16. The lowest BCUT2D eigenvalue weighted by molar-refractivity contribution is 0.0696. The molecule has 1 heterocycles. The van der Waals surface area contributed by atoms with Crippen molar-refractivity contribution < 1.29 is 9.90 Å². The number of aryl methyl sites for hydroxylation is 1. The summed E-state index contributed by atoms with van der Waals surface area (Å²) in [6.45, 7) is 8.31. The van der Waals surface area contributed by atoms with E-state index >= 15 is 0 Å².